The molecule has 9 heteroatoms. The van der Waals surface area contributed by atoms with Crippen LogP contribution in [0.1, 0.15) is 18.5 Å². The van der Waals surface area contributed by atoms with E-state index in [-0.39, 0.29) is 6.61 Å². The molecule has 0 radical (unpaired) electrons. The van der Waals surface area contributed by atoms with E-state index in [9.17, 15) is 4.79 Å². The monoisotopic (exact) mass is 392 g/mol. The van der Waals surface area contributed by atoms with Crippen LogP contribution in [0.2, 0.25) is 5.02 Å². The van der Waals surface area contributed by atoms with Crippen LogP contribution in [0, 0.1) is 0 Å². The molecule has 1 aromatic carbocycles. The Bertz CT molecular complexity index is 865. The van der Waals surface area contributed by atoms with Crippen molar-refractivity contribution in [2.45, 2.75) is 30.5 Å². The van der Waals surface area contributed by atoms with Crippen molar-refractivity contribution in [3.63, 3.8) is 0 Å². The zero-order valence-corrected chi connectivity index (χ0v) is 15.5. The molecule has 3 rings (SSSR count). The highest BCUT2D eigenvalue weighted by Crippen LogP contribution is 2.24. The summed E-state index contributed by atoms with van der Waals surface area (Å²) in [5.41, 5.74) is 5.35. The third kappa shape index (κ3) is 4.59. The molecule has 7 nitrogen and oxygen atoms in total. The molecule has 2 aromatic heterocycles. The van der Waals surface area contributed by atoms with Gasteiger partial charge in [-0.2, -0.15) is 0 Å². The molecule has 0 spiro atoms. The Labute approximate surface area is 159 Å². The van der Waals surface area contributed by atoms with E-state index in [1.807, 2.05) is 16.7 Å². The van der Waals surface area contributed by atoms with Gasteiger partial charge in [0.2, 0.25) is 5.91 Å². The van der Waals surface area contributed by atoms with Crippen molar-refractivity contribution in [1.82, 2.24) is 14.8 Å². The van der Waals surface area contributed by atoms with Gasteiger partial charge in [0.25, 0.3) is 0 Å². The number of thioether (sulfide) groups is 1. The van der Waals surface area contributed by atoms with Gasteiger partial charge < -0.3 is 14.9 Å². The summed E-state index contributed by atoms with van der Waals surface area (Å²) in [6, 6.07) is 10.7. The van der Waals surface area contributed by atoms with Crippen molar-refractivity contribution in [3.05, 3.63) is 59.3 Å². The summed E-state index contributed by atoms with van der Waals surface area (Å²) in [5.74, 6) is 1.60. The Kier molecular flexibility index (Phi) is 5.85. The number of hydrogen-bond acceptors (Lipinski definition) is 6. The van der Waals surface area contributed by atoms with E-state index in [1.165, 1.54) is 11.8 Å². The second-order valence-corrected chi connectivity index (χ2v) is 7.21. The Balaban J connectivity index is 1.80. The lowest BCUT2D eigenvalue weighted by atomic mass is 10.3. The van der Waals surface area contributed by atoms with Crippen molar-refractivity contribution >= 4 is 29.3 Å². The van der Waals surface area contributed by atoms with Crippen molar-refractivity contribution < 1.29 is 13.9 Å². The van der Waals surface area contributed by atoms with E-state index in [2.05, 4.69) is 10.2 Å². The van der Waals surface area contributed by atoms with Crippen LogP contribution in [0.4, 0.5) is 0 Å². The highest BCUT2D eigenvalue weighted by Gasteiger charge is 2.19. The summed E-state index contributed by atoms with van der Waals surface area (Å²) >= 11 is 7.12. The number of rotatable bonds is 8. The van der Waals surface area contributed by atoms with Crippen LogP contribution >= 0.6 is 23.4 Å². The van der Waals surface area contributed by atoms with Gasteiger partial charge in [0.1, 0.15) is 18.1 Å². The maximum absolute atomic E-state index is 11.4. The van der Waals surface area contributed by atoms with Crippen LogP contribution in [-0.4, -0.2) is 25.9 Å². The summed E-state index contributed by atoms with van der Waals surface area (Å²) in [6.07, 6.45) is 1.60. The Morgan fingerprint density at radius 1 is 1.35 bits per heavy atom. The van der Waals surface area contributed by atoms with E-state index in [0.717, 1.165) is 5.76 Å². The van der Waals surface area contributed by atoms with Gasteiger partial charge in [-0.25, -0.2) is 0 Å². The molecule has 3 aromatic rings. The number of halogens is 1. The van der Waals surface area contributed by atoms with E-state index in [1.54, 1.807) is 37.5 Å². The van der Waals surface area contributed by atoms with Crippen LogP contribution in [0.5, 0.6) is 5.75 Å². The van der Waals surface area contributed by atoms with Crippen molar-refractivity contribution in [2.24, 2.45) is 5.73 Å². The number of benzene rings is 1. The smallest absolute Gasteiger partial charge is 0.230 e. The zero-order chi connectivity index (χ0) is 18.5. The molecule has 1 amide bonds. The lowest BCUT2D eigenvalue weighted by Gasteiger charge is -2.11. The minimum absolute atomic E-state index is 0.209. The Hall–Kier alpha value is -2.45. The fourth-order valence-corrected chi connectivity index (χ4v) is 3.07. The summed E-state index contributed by atoms with van der Waals surface area (Å²) in [6.45, 7) is 2.36. The number of nitrogens with two attached hydrogens (primary N) is 1. The second kappa shape index (κ2) is 8.29. The molecule has 1 atom stereocenters. The number of carbonyl (C=O) groups excluding carboxylic acids is 1. The van der Waals surface area contributed by atoms with Crippen LogP contribution < -0.4 is 10.5 Å². The van der Waals surface area contributed by atoms with Crippen molar-refractivity contribution in [1.29, 1.82) is 0 Å². The first kappa shape index (κ1) is 18.3. The van der Waals surface area contributed by atoms with E-state index in [4.69, 9.17) is 26.5 Å². The molecule has 0 bridgehead atoms. The van der Waals surface area contributed by atoms with Gasteiger partial charge in [0, 0.05) is 5.02 Å². The van der Waals surface area contributed by atoms with Gasteiger partial charge in [-0.1, -0.05) is 23.4 Å². The summed E-state index contributed by atoms with van der Waals surface area (Å²) in [5, 5.41) is 9.14. The molecule has 26 heavy (non-hydrogen) atoms. The van der Waals surface area contributed by atoms with Gasteiger partial charge in [-0.3, -0.25) is 9.36 Å². The average molecular weight is 393 g/mol. The first-order valence-electron chi connectivity index (χ1n) is 7.81. The average Bonchev–Trinajstić information content (AvgIpc) is 3.26. The van der Waals surface area contributed by atoms with Crippen LogP contribution in [-0.2, 0) is 17.9 Å². The Morgan fingerprint density at radius 3 is 2.77 bits per heavy atom. The number of nitrogens with zero attached hydrogens (tertiary/aromatic N) is 3. The number of amides is 1. The molecule has 136 valence electrons. The molecule has 0 unspecified atom stereocenters. The summed E-state index contributed by atoms with van der Waals surface area (Å²) < 4.78 is 13.0. The van der Waals surface area contributed by atoms with Gasteiger partial charge >= 0.3 is 0 Å². The maximum atomic E-state index is 11.4. The molecule has 0 fully saturated rings. The standard InChI is InChI=1S/C17H17ClN4O3S/c1-11(16(19)23)26-17-21-20-15(22(17)9-14-3-2-8-24-14)10-25-13-6-4-12(18)5-7-13/h2-8,11H,9-10H2,1H3,(H2,19,23)/t11-/m1/s1. The first-order chi connectivity index (χ1) is 12.5. The predicted molar refractivity (Wildman–Crippen MR) is 98.1 cm³/mol. The lowest BCUT2D eigenvalue weighted by Crippen LogP contribution is -2.23. The maximum Gasteiger partial charge on any atom is 0.230 e. The summed E-state index contributed by atoms with van der Waals surface area (Å²) in [7, 11) is 0. The minimum atomic E-state index is -0.431. The number of ether oxygens (including phenoxy) is 1. The molecule has 2 heterocycles. The van der Waals surface area contributed by atoms with E-state index in [0.29, 0.717) is 28.3 Å². The predicted octanol–water partition coefficient (Wildman–Crippen LogP) is 3.12. The molecular weight excluding hydrogens is 376 g/mol. The summed E-state index contributed by atoms with van der Waals surface area (Å²) in [4.78, 5) is 11.4. The highest BCUT2D eigenvalue weighted by molar-refractivity contribution is 8.00. The lowest BCUT2D eigenvalue weighted by molar-refractivity contribution is -0.117. The third-order valence-electron chi connectivity index (χ3n) is 3.55. The third-order valence-corrected chi connectivity index (χ3v) is 4.90. The van der Waals surface area contributed by atoms with Crippen LogP contribution in [0.3, 0.4) is 0 Å². The fraction of sp³-hybridized carbons (Fsp3) is 0.235. The fourth-order valence-electron chi connectivity index (χ4n) is 2.13. The topological polar surface area (TPSA) is 96.2 Å². The van der Waals surface area contributed by atoms with E-state index >= 15 is 0 Å². The number of carbonyl (C=O) groups is 1. The highest BCUT2D eigenvalue weighted by atomic mass is 35.5. The largest absolute Gasteiger partial charge is 0.486 e. The number of hydrogen-bond donors (Lipinski definition) is 1. The molecular formula is C17H17ClN4O3S. The SMILES string of the molecule is C[C@@H](Sc1nnc(COc2ccc(Cl)cc2)n1Cc1ccco1)C(N)=O. The first-order valence-corrected chi connectivity index (χ1v) is 9.07. The van der Waals surface area contributed by atoms with Gasteiger partial charge in [0.05, 0.1) is 18.1 Å². The normalized spacial score (nSPS) is 12.1. The van der Waals surface area contributed by atoms with Crippen molar-refractivity contribution in [3.8, 4) is 5.75 Å². The molecule has 0 aliphatic heterocycles. The van der Waals surface area contributed by atoms with Crippen LogP contribution in [0.15, 0.2) is 52.2 Å². The Morgan fingerprint density at radius 2 is 2.12 bits per heavy atom. The van der Waals surface area contributed by atoms with Gasteiger partial charge in [-0.15, -0.1) is 10.2 Å². The van der Waals surface area contributed by atoms with E-state index < -0.39 is 11.2 Å². The molecule has 0 aliphatic carbocycles. The molecule has 0 saturated heterocycles. The number of aromatic nitrogens is 3. The number of furan rings is 1. The quantitative estimate of drug-likeness (QED) is 0.591. The van der Waals surface area contributed by atoms with Gasteiger partial charge in [-0.05, 0) is 43.3 Å². The van der Waals surface area contributed by atoms with Gasteiger partial charge in [0.15, 0.2) is 11.0 Å². The zero-order valence-electron chi connectivity index (χ0n) is 14.0. The van der Waals surface area contributed by atoms with Crippen LogP contribution in [0.25, 0.3) is 0 Å². The molecule has 0 aliphatic rings. The van der Waals surface area contributed by atoms with Crippen molar-refractivity contribution in [2.75, 3.05) is 0 Å². The molecule has 0 saturated carbocycles. The second-order valence-electron chi connectivity index (χ2n) is 5.47. The number of primary amides is 1. The molecule has 2 N–H and O–H groups in total. The minimum Gasteiger partial charge on any atom is -0.486 e.